The van der Waals surface area contributed by atoms with Crippen LogP contribution in [-0.2, 0) is 9.53 Å². The molecule has 0 atom stereocenters. The van der Waals surface area contributed by atoms with E-state index in [0.29, 0.717) is 33.8 Å². The normalized spacial score (nSPS) is 16.0. The molecule has 1 amide bonds. The van der Waals surface area contributed by atoms with Gasteiger partial charge in [0.05, 0.1) is 29.9 Å². The zero-order chi connectivity index (χ0) is 23.3. The Hall–Kier alpha value is -3.06. The van der Waals surface area contributed by atoms with E-state index >= 15 is 0 Å². The molecule has 0 spiro atoms. The lowest BCUT2D eigenvalue weighted by Crippen LogP contribution is -2.19. The largest absolute Gasteiger partial charge is 0.496 e. The topological polar surface area (TPSA) is 77.0 Å². The maximum atomic E-state index is 12.5. The molecule has 6 nitrogen and oxygen atoms in total. The summed E-state index contributed by atoms with van der Waals surface area (Å²) in [6.45, 7) is 8.53. The predicted octanol–water partition coefficient (Wildman–Crippen LogP) is 5.59. The molecule has 1 aliphatic heterocycles. The molecule has 1 aliphatic rings. The van der Waals surface area contributed by atoms with Crippen LogP contribution in [0.25, 0.3) is 6.08 Å². The highest BCUT2D eigenvalue weighted by Gasteiger charge is 2.24. The Bertz CT molecular complexity index is 1090. The molecule has 32 heavy (non-hydrogen) atoms. The van der Waals surface area contributed by atoms with Crippen molar-refractivity contribution in [3.63, 3.8) is 0 Å². The summed E-state index contributed by atoms with van der Waals surface area (Å²) < 4.78 is 10.7. The standard InChI is InChI=1S/C25H28N2O4S/c1-6-10-31-24(29)17-8-7-9-19(12-17)26-25-27-23(28)22(32-25)14-18-13-20(15(2)3)21(30-5)11-16(18)4/h7-9,11-15H,6,10H2,1-5H3,(H,26,27,28)/b22-14-. The zero-order valence-corrected chi connectivity index (χ0v) is 19.8. The molecule has 0 radical (unpaired) electrons. The minimum Gasteiger partial charge on any atom is -0.496 e. The molecule has 7 heteroatoms. The summed E-state index contributed by atoms with van der Waals surface area (Å²) in [6, 6.07) is 10.9. The molecular formula is C25H28N2O4S. The van der Waals surface area contributed by atoms with Crippen LogP contribution >= 0.6 is 11.8 Å². The fourth-order valence-electron chi connectivity index (χ4n) is 3.22. The third kappa shape index (κ3) is 5.59. The maximum Gasteiger partial charge on any atom is 0.338 e. The van der Waals surface area contributed by atoms with E-state index in [1.807, 2.05) is 26.0 Å². The molecule has 2 aromatic rings. The number of nitrogens with one attached hydrogen (secondary N) is 1. The monoisotopic (exact) mass is 452 g/mol. The third-order valence-corrected chi connectivity index (χ3v) is 5.84. The number of benzene rings is 2. The fraction of sp³-hybridized carbons (Fsp3) is 0.320. The fourth-order valence-corrected chi connectivity index (χ4v) is 4.05. The van der Waals surface area contributed by atoms with E-state index in [1.165, 1.54) is 11.8 Å². The van der Waals surface area contributed by atoms with Gasteiger partial charge in [-0.15, -0.1) is 0 Å². The minimum atomic E-state index is -0.381. The van der Waals surface area contributed by atoms with Gasteiger partial charge in [0.1, 0.15) is 5.75 Å². The number of esters is 1. The van der Waals surface area contributed by atoms with Crippen LogP contribution < -0.4 is 10.1 Å². The first-order valence-electron chi connectivity index (χ1n) is 10.6. The van der Waals surface area contributed by atoms with Crippen molar-refractivity contribution in [2.75, 3.05) is 13.7 Å². The van der Waals surface area contributed by atoms with E-state index in [2.05, 4.69) is 30.2 Å². The van der Waals surface area contributed by atoms with Crippen LogP contribution in [0.4, 0.5) is 5.69 Å². The average molecular weight is 453 g/mol. The van der Waals surface area contributed by atoms with Crippen molar-refractivity contribution >= 4 is 40.6 Å². The van der Waals surface area contributed by atoms with Gasteiger partial charge in [0, 0.05) is 0 Å². The smallest absolute Gasteiger partial charge is 0.338 e. The molecule has 1 heterocycles. The number of amides is 1. The molecule has 0 aliphatic carbocycles. The lowest BCUT2D eigenvalue weighted by Gasteiger charge is -2.14. The molecule has 0 bridgehead atoms. The van der Waals surface area contributed by atoms with Crippen molar-refractivity contribution in [1.29, 1.82) is 0 Å². The maximum absolute atomic E-state index is 12.5. The van der Waals surface area contributed by atoms with Crippen LogP contribution in [0.2, 0.25) is 0 Å². The molecule has 0 saturated carbocycles. The first-order chi connectivity index (χ1) is 15.3. The van der Waals surface area contributed by atoms with Crippen LogP contribution in [0.3, 0.4) is 0 Å². The van der Waals surface area contributed by atoms with E-state index in [9.17, 15) is 9.59 Å². The summed E-state index contributed by atoms with van der Waals surface area (Å²) in [7, 11) is 1.67. The SMILES string of the molecule is CCCOC(=O)c1cccc(N=C2NC(=O)/C(=C/c3cc(C(C)C)c(OC)cc3C)S2)c1. The van der Waals surface area contributed by atoms with Gasteiger partial charge in [-0.2, -0.15) is 0 Å². The van der Waals surface area contributed by atoms with Crippen LogP contribution in [0.15, 0.2) is 46.3 Å². The Morgan fingerprint density at radius 1 is 1.25 bits per heavy atom. The number of aliphatic imine (C=N–C) groups is 1. The van der Waals surface area contributed by atoms with Gasteiger partial charge in [0.2, 0.25) is 0 Å². The number of methoxy groups -OCH3 is 1. The number of rotatable bonds is 7. The van der Waals surface area contributed by atoms with Crippen molar-refractivity contribution in [2.45, 2.75) is 40.0 Å². The third-order valence-electron chi connectivity index (χ3n) is 4.93. The second-order valence-corrected chi connectivity index (χ2v) is 8.80. The Morgan fingerprint density at radius 3 is 2.72 bits per heavy atom. The van der Waals surface area contributed by atoms with E-state index in [0.717, 1.165) is 28.9 Å². The minimum absolute atomic E-state index is 0.200. The number of nitrogens with zero attached hydrogens (tertiary/aromatic N) is 1. The highest BCUT2D eigenvalue weighted by Crippen LogP contribution is 2.33. The highest BCUT2D eigenvalue weighted by molar-refractivity contribution is 8.18. The summed E-state index contributed by atoms with van der Waals surface area (Å²) in [4.78, 5) is 29.7. The zero-order valence-electron chi connectivity index (χ0n) is 19.0. The molecule has 1 N–H and O–H groups in total. The van der Waals surface area contributed by atoms with Crippen molar-refractivity contribution in [2.24, 2.45) is 4.99 Å². The molecule has 2 aromatic carbocycles. The molecular weight excluding hydrogens is 424 g/mol. The Kier molecular flexibility index (Phi) is 7.75. The van der Waals surface area contributed by atoms with Gasteiger partial charge in [-0.3, -0.25) is 4.79 Å². The van der Waals surface area contributed by atoms with E-state index in [-0.39, 0.29) is 11.9 Å². The number of aryl methyl sites for hydroxylation is 1. The quantitative estimate of drug-likeness (QED) is 0.438. The van der Waals surface area contributed by atoms with Crippen LogP contribution in [0.1, 0.15) is 60.2 Å². The lowest BCUT2D eigenvalue weighted by molar-refractivity contribution is -0.115. The van der Waals surface area contributed by atoms with Crippen LogP contribution in [0.5, 0.6) is 5.75 Å². The van der Waals surface area contributed by atoms with E-state index in [1.54, 1.807) is 31.4 Å². The van der Waals surface area contributed by atoms with Crippen molar-refractivity contribution in [3.05, 3.63) is 63.6 Å². The highest BCUT2D eigenvalue weighted by atomic mass is 32.2. The van der Waals surface area contributed by atoms with Gasteiger partial charge in [0.15, 0.2) is 5.17 Å². The number of hydrogen-bond donors (Lipinski definition) is 1. The number of carbonyl (C=O) groups excluding carboxylic acids is 2. The molecule has 3 rings (SSSR count). The lowest BCUT2D eigenvalue weighted by atomic mass is 9.96. The van der Waals surface area contributed by atoms with Crippen LogP contribution in [0, 0.1) is 6.92 Å². The second-order valence-electron chi connectivity index (χ2n) is 7.77. The van der Waals surface area contributed by atoms with Crippen molar-refractivity contribution < 1.29 is 19.1 Å². The van der Waals surface area contributed by atoms with Gasteiger partial charge >= 0.3 is 5.97 Å². The molecule has 0 aromatic heterocycles. The first kappa shape index (κ1) is 23.6. The van der Waals surface area contributed by atoms with Crippen LogP contribution in [-0.4, -0.2) is 30.8 Å². The Labute approximate surface area is 193 Å². The van der Waals surface area contributed by atoms with Gasteiger partial charge in [-0.25, -0.2) is 9.79 Å². The summed E-state index contributed by atoms with van der Waals surface area (Å²) >= 11 is 1.27. The molecule has 1 fully saturated rings. The molecule has 0 unspecified atom stereocenters. The molecule has 1 saturated heterocycles. The van der Waals surface area contributed by atoms with Gasteiger partial charge in [0.25, 0.3) is 5.91 Å². The number of ether oxygens (including phenoxy) is 2. The van der Waals surface area contributed by atoms with Crippen molar-refractivity contribution in [1.82, 2.24) is 5.32 Å². The molecule has 168 valence electrons. The van der Waals surface area contributed by atoms with Gasteiger partial charge in [-0.1, -0.05) is 26.8 Å². The van der Waals surface area contributed by atoms with E-state index in [4.69, 9.17) is 9.47 Å². The number of amidine groups is 1. The summed E-state index contributed by atoms with van der Waals surface area (Å²) in [5.74, 6) is 0.561. The first-order valence-corrected chi connectivity index (χ1v) is 11.4. The number of carbonyl (C=O) groups is 2. The average Bonchev–Trinajstić information content (AvgIpc) is 3.11. The Morgan fingerprint density at radius 2 is 2.03 bits per heavy atom. The van der Waals surface area contributed by atoms with E-state index < -0.39 is 0 Å². The summed E-state index contributed by atoms with van der Waals surface area (Å²) in [6.07, 6.45) is 2.64. The number of hydrogen-bond acceptors (Lipinski definition) is 6. The Balaban J connectivity index is 1.84. The van der Waals surface area contributed by atoms with Gasteiger partial charge in [-0.05, 0) is 84.1 Å². The summed E-state index contributed by atoms with van der Waals surface area (Å²) in [5.41, 5.74) is 4.09. The van der Waals surface area contributed by atoms with Gasteiger partial charge < -0.3 is 14.8 Å². The second kappa shape index (κ2) is 10.5. The summed E-state index contributed by atoms with van der Waals surface area (Å²) in [5, 5.41) is 3.27. The predicted molar refractivity (Wildman–Crippen MR) is 130 cm³/mol. The van der Waals surface area contributed by atoms with Crippen molar-refractivity contribution in [3.8, 4) is 5.75 Å². The number of thioether (sulfide) groups is 1.